The first kappa shape index (κ1) is 39.0. The molecule has 0 aromatic heterocycles. The second-order valence-corrected chi connectivity index (χ2v) is 13.6. The largest absolute Gasteiger partial charge is 0.547 e. The molecule has 3 aliphatic heterocycles. The zero-order chi connectivity index (χ0) is 39.9. The van der Waals surface area contributed by atoms with Crippen molar-refractivity contribution in [3.05, 3.63) is 74.8 Å². The van der Waals surface area contributed by atoms with Crippen LogP contribution in [-0.2, 0) is 11.2 Å². The van der Waals surface area contributed by atoms with E-state index in [-0.39, 0.29) is 60.7 Å². The number of phenolic OH excluding ortho intramolecular Hbond substituents is 3. The first-order valence-electron chi connectivity index (χ1n) is 16.6. The molecule has 0 spiro atoms. The minimum absolute atomic E-state index is 0.0815. The zero-order valence-corrected chi connectivity index (χ0v) is 29.8. The molecule has 17 nitrogen and oxygen atoms in total. The fourth-order valence-corrected chi connectivity index (χ4v) is 7.03. The number of amides is 7. The quantitative estimate of drug-likeness (QED) is 0.127. The van der Waals surface area contributed by atoms with Crippen LogP contribution in [0.4, 0.5) is 28.9 Å². The molecule has 3 aromatic rings. The molecule has 2 atom stereocenters. The number of fused-ring (bicyclic) bond motifs is 1. The highest BCUT2D eigenvalue weighted by Gasteiger charge is 2.43. The lowest BCUT2D eigenvalue weighted by atomic mass is 9.72. The van der Waals surface area contributed by atoms with E-state index < -0.39 is 94.1 Å². The highest BCUT2D eigenvalue weighted by atomic mass is 35.5. The topological polar surface area (TPSA) is 242 Å². The summed E-state index contributed by atoms with van der Waals surface area (Å²) in [6.07, 6.45) is 0.380. The molecule has 0 bridgehead atoms. The first-order valence-corrected chi connectivity index (χ1v) is 17.3. The van der Waals surface area contributed by atoms with E-state index in [2.05, 4.69) is 16.0 Å². The standard InChI is InChI=1S/C33H31BCl2F2N6O11/c35-18-3-2-16(45)12-21(18)39-31(51)42-7-5-15(6-8-42)43-9-10-44(33(43)53)32(52)41-25(17-13-20(38)26(46)27(47)24(17)36)29(48)40-22-11-14-1-4-19(37)23(30(49)50)28(14)55-34(22)54/h1-4,12-13,15,22,25,45-47,54H,5-11H2,(H,39,51)(H,40,48)(H,41,52)(H,49,50)/t22-,25-/m0/s1. The third-order valence-electron chi connectivity index (χ3n) is 9.46. The van der Waals surface area contributed by atoms with Gasteiger partial charge >= 0.3 is 31.2 Å². The molecule has 8 N–H and O–H groups in total. The Hall–Kier alpha value is -5.73. The van der Waals surface area contributed by atoms with E-state index >= 15 is 0 Å². The predicted molar refractivity (Wildman–Crippen MR) is 189 cm³/mol. The molecular weight excluding hydrogens is 776 g/mol. The number of halogens is 4. The fourth-order valence-electron chi connectivity index (χ4n) is 6.61. The van der Waals surface area contributed by atoms with Crippen LogP contribution in [0.5, 0.6) is 23.0 Å². The van der Waals surface area contributed by atoms with Crippen molar-refractivity contribution in [1.29, 1.82) is 0 Å². The van der Waals surface area contributed by atoms with Gasteiger partial charge in [0, 0.05) is 43.9 Å². The number of imide groups is 1. The Labute approximate surface area is 320 Å². The van der Waals surface area contributed by atoms with Crippen LogP contribution in [0, 0.1) is 11.6 Å². The molecule has 0 radical (unpaired) electrons. The maximum absolute atomic E-state index is 14.7. The van der Waals surface area contributed by atoms with Gasteiger partial charge in [0.25, 0.3) is 0 Å². The van der Waals surface area contributed by atoms with Crippen molar-refractivity contribution >= 4 is 66.0 Å². The van der Waals surface area contributed by atoms with Crippen molar-refractivity contribution in [3.8, 4) is 23.0 Å². The smallest absolute Gasteiger partial charge is 0.534 e. The third kappa shape index (κ3) is 7.78. The van der Waals surface area contributed by atoms with Crippen LogP contribution in [0.2, 0.25) is 10.0 Å². The Bertz CT molecular complexity index is 2090. The number of carboxylic acids is 1. The molecule has 22 heteroatoms. The van der Waals surface area contributed by atoms with E-state index in [1.165, 1.54) is 34.1 Å². The van der Waals surface area contributed by atoms with Gasteiger partial charge < -0.3 is 55.9 Å². The number of likely N-dealkylation sites (tertiary alicyclic amines) is 1. The van der Waals surface area contributed by atoms with Gasteiger partial charge in [-0.3, -0.25) is 4.79 Å². The molecule has 290 valence electrons. The van der Waals surface area contributed by atoms with Gasteiger partial charge in [-0.1, -0.05) is 29.3 Å². The molecule has 3 aromatic carbocycles. The summed E-state index contributed by atoms with van der Waals surface area (Å²) >= 11 is 12.3. The summed E-state index contributed by atoms with van der Waals surface area (Å²) in [6, 6.07) is 1.99. The van der Waals surface area contributed by atoms with Crippen molar-refractivity contribution in [3.63, 3.8) is 0 Å². The Kier molecular flexibility index (Phi) is 11.0. The van der Waals surface area contributed by atoms with Gasteiger partial charge in [-0.2, -0.15) is 0 Å². The summed E-state index contributed by atoms with van der Waals surface area (Å²) in [5.41, 5.74) is -1.09. The average molecular weight is 807 g/mol. The van der Waals surface area contributed by atoms with Gasteiger partial charge in [-0.05, 0) is 49.1 Å². The number of hydrogen-bond donors (Lipinski definition) is 8. The lowest BCUT2D eigenvalue weighted by Crippen LogP contribution is -2.56. The van der Waals surface area contributed by atoms with Gasteiger partial charge in [0.1, 0.15) is 28.9 Å². The van der Waals surface area contributed by atoms with E-state index in [1.54, 1.807) is 0 Å². The van der Waals surface area contributed by atoms with Crippen LogP contribution in [0.25, 0.3) is 0 Å². The van der Waals surface area contributed by atoms with Crippen LogP contribution in [0.1, 0.15) is 40.4 Å². The highest BCUT2D eigenvalue weighted by molar-refractivity contribution is 6.47. The molecule has 2 saturated heterocycles. The number of carboxylic acid groups (broad SMARTS) is 1. The highest BCUT2D eigenvalue weighted by Crippen LogP contribution is 2.41. The van der Waals surface area contributed by atoms with Crippen molar-refractivity contribution < 1.29 is 62.9 Å². The summed E-state index contributed by atoms with van der Waals surface area (Å²) in [4.78, 5) is 69.1. The number of piperidine rings is 1. The zero-order valence-electron chi connectivity index (χ0n) is 28.3. The van der Waals surface area contributed by atoms with E-state index in [0.29, 0.717) is 18.9 Å². The lowest BCUT2D eigenvalue weighted by molar-refractivity contribution is -0.123. The van der Waals surface area contributed by atoms with E-state index in [0.717, 1.165) is 11.0 Å². The van der Waals surface area contributed by atoms with Crippen molar-refractivity contribution in [2.45, 2.75) is 37.3 Å². The molecule has 3 heterocycles. The predicted octanol–water partition coefficient (Wildman–Crippen LogP) is 3.41. The van der Waals surface area contributed by atoms with E-state index in [4.69, 9.17) is 27.9 Å². The monoisotopic (exact) mass is 806 g/mol. The van der Waals surface area contributed by atoms with Gasteiger partial charge in [-0.25, -0.2) is 32.9 Å². The van der Waals surface area contributed by atoms with Crippen LogP contribution >= 0.6 is 23.2 Å². The lowest BCUT2D eigenvalue weighted by Gasteiger charge is -2.36. The van der Waals surface area contributed by atoms with Gasteiger partial charge in [0.05, 0.1) is 21.7 Å². The van der Waals surface area contributed by atoms with Gasteiger partial charge in [0.2, 0.25) is 5.91 Å². The second-order valence-electron chi connectivity index (χ2n) is 12.8. The summed E-state index contributed by atoms with van der Waals surface area (Å²) in [6.45, 7) is 0.395. The molecule has 0 aliphatic carbocycles. The molecule has 7 amide bonds. The number of anilines is 1. The van der Waals surface area contributed by atoms with Gasteiger partial charge in [0.15, 0.2) is 17.3 Å². The third-order valence-corrected chi connectivity index (χ3v) is 10.2. The summed E-state index contributed by atoms with van der Waals surface area (Å²) in [5, 5.41) is 56.8. The number of carbonyl (C=O) groups excluding carboxylic acids is 4. The number of hydrogen-bond acceptors (Lipinski definition) is 10. The Balaban J connectivity index is 1.15. The normalized spacial score (nSPS) is 17.7. The molecule has 55 heavy (non-hydrogen) atoms. The minimum Gasteiger partial charge on any atom is -0.534 e. The summed E-state index contributed by atoms with van der Waals surface area (Å²) < 4.78 is 34.2. The van der Waals surface area contributed by atoms with E-state index in [1.807, 2.05) is 0 Å². The Morgan fingerprint density at radius 3 is 2.33 bits per heavy atom. The number of rotatable bonds is 7. The van der Waals surface area contributed by atoms with Crippen molar-refractivity contribution in [1.82, 2.24) is 25.3 Å². The second kappa shape index (κ2) is 15.6. The number of aromatic carboxylic acids is 1. The average Bonchev–Trinajstić information content (AvgIpc) is 3.54. The molecular formula is C33H31BCl2F2N6O11. The molecule has 0 unspecified atom stereocenters. The Morgan fingerprint density at radius 2 is 1.64 bits per heavy atom. The molecule has 0 saturated carbocycles. The molecule has 6 rings (SSSR count). The number of nitrogens with one attached hydrogen (secondary N) is 3. The van der Waals surface area contributed by atoms with Crippen LogP contribution in [-0.4, -0.2) is 115 Å². The summed E-state index contributed by atoms with van der Waals surface area (Å²) in [5.74, 6) is -9.71. The number of urea groups is 3. The SMILES string of the molecule is O=C(O)c1c(F)ccc2c1OB(O)[C@@H](NC(=O)[C@@H](NC(=O)N1CCN(C3CCN(C(=O)Nc4cc(O)ccc4Cl)CC3)C1=O)c1cc(F)c(O)c(O)c1Cl)C2. The number of phenols is 3. The first-order chi connectivity index (χ1) is 26.0. The van der Waals surface area contributed by atoms with E-state index in [9.17, 15) is 58.2 Å². The van der Waals surface area contributed by atoms with Crippen LogP contribution in [0.15, 0.2) is 36.4 Å². The van der Waals surface area contributed by atoms with Crippen LogP contribution in [0.3, 0.4) is 0 Å². The van der Waals surface area contributed by atoms with Crippen LogP contribution < -0.4 is 20.6 Å². The Morgan fingerprint density at radius 1 is 0.927 bits per heavy atom. The number of carbonyl (C=O) groups is 5. The van der Waals surface area contributed by atoms with Crippen molar-refractivity contribution in [2.24, 2.45) is 0 Å². The maximum Gasteiger partial charge on any atom is 0.547 e. The fraction of sp³-hybridized carbons (Fsp3) is 0.303. The number of benzene rings is 3. The summed E-state index contributed by atoms with van der Waals surface area (Å²) in [7, 11) is -1.94. The molecule has 3 aliphatic rings. The maximum atomic E-state index is 14.7. The minimum atomic E-state index is -1.97. The van der Waals surface area contributed by atoms with Crippen molar-refractivity contribution in [2.75, 3.05) is 31.5 Å². The molecule has 2 fully saturated rings. The van der Waals surface area contributed by atoms with Gasteiger partial charge in [-0.15, -0.1) is 0 Å². The number of aromatic hydroxyl groups is 3. The number of nitrogens with zero attached hydrogens (tertiary/aromatic N) is 3.